The van der Waals surface area contributed by atoms with E-state index in [1.165, 1.54) is 5.56 Å². The Labute approximate surface area is 223 Å². The molecule has 2 amide bonds. The predicted octanol–water partition coefficient (Wildman–Crippen LogP) is 6.04. The summed E-state index contributed by atoms with van der Waals surface area (Å²) in [4.78, 5) is 28.5. The van der Waals surface area contributed by atoms with Gasteiger partial charge in [-0.15, -0.1) is 0 Å². The number of nitrogens with one attached hydrogen (secondary N) is 1. The van der Waals surface area contributed by atoms with E-state index in [9.17, 15) is 9.59 Å². The number of hydrogen-bond acceptors (Lipinski definition) is 3. The molecule has 0 aromatic heterocycles. The number of carbonyl (C=O) groups is 2. The molecule has 0 radical (unpaired) electrons. The molecule has 6 heteroatoms. The Hall–Kier alpha value is -3.12. The van der Waals surface area contributed by atoms with Crippen LogP contribution in [0.25, 0.3) is 0 Å². The maximum Gasteiger partial charge on any atom is 0.261 e. The van der Waals surface area contributed by atoms with Crippen LogP contribution in [0, 0.1) is 6.92 Å². The van der Waals surface area contributed by atoms with Gasteiger partial charge in [0.2, 0.25) is 5.91 Å². The van der Waals surface area contributed by atoms with Gasteiger partial charge in [-0.25, -0.2) is 0 Å². The standard InChI is InChI=1S/C30H35BrN2O3/c1-5-32-30(35)27(17-23-9-7-6-8-10-23)33(19-24-13-11-22(4)12-14-24)29(34)20-36-28-16-15-25(21(2)3)18-26(28)31/h6-16,18,21,27H,5,17,19-20H2,1-4H3,(H,32,35). The van der Waals surface area contributed by atoms with E-state index in [4.69, 9.17) is 4.74 Å². The molecule has 5 nitrogen and oxygen atoms in total. The molecule has 1 atom stereocenters. The van der Waals surface area contributed by atoms with Gasteiger partial charge in [0.15, 0.2) is 6.61 Å². The SMILES string of the molecule is CCNC(=O)C(Cc1ccccc1)N(Cc1ccc(C)cc1)C(=O)COc1ccc(C(C)C)cc1Br. The number of likely N-dealkylation sites (N-methyl/N-ethyl adjacent to an activating group) is 1. The van der Waals surface area contributed by atoms with Crippen molar-refractivity contribution < 1.29 is 14.3 Å². The number of benzene rings is 3. The van der Waals surface area contributed by atoms with Crippen molar-refractivity contribution >= 4 is 27.7 Å². The fourth-order valence-electron chi connectivity index (χ4n) is 3.95. The van der Waals surface area contributed by atoms with Crippen molar-refractivity contribution in [3.63, 3.8) is 0 Å². The Morgan fingerprint density at radius 2 is 1.67 bits per heavy atom. The van der Waals surface area contributed by atoms with E-state index in [0.29, 0.717) is 31.2 Å². The largest absolute Gasteiger partial charge is 0.483 e. The molecular formula is C30H35BrN2O3. The van der Waals surface area contributed by atoms with Crippen molar-refractivity contribution in [2.45, 2.75) is 52.6 Å². The smallest absolute Gasteiger partial charge is 0.261 e. The van der Waals surface area contributed by atoms with Gasteiger partial charge in [0.1, 0.15) is 11.8 Å². The number of nitrogens with zero attached hydrogens (tertiary/aromatic N) is 1. The Morgan fingerprint density at radius 3 is 2.28 bits per heavy atom. The van der Waals surface area contributed by atoms with Gasteiger partial charge in [-0.2, -0.15) is 0 Å². The van der Waals surface area contributed by atoms with Gasteiger partial charge in [0.25, 0.3) is 5.91 Å². The molecular weight excluding hydrogens is 516 g/mol. The molecule has 0 fully saturated rings. The zero-order valence-corrected chi connectivity index (χ0v) is 23.0. The van der Waals surface area contributed by atoms with Crippen molar-refractivity contribution in [3.05, 3.63) is 99.5 Å². The van der Waals surface area contributed by atoms with Crippen molar-refractivity contribution in [3.8, 4) is 5.75 Å². The lowest BCUT2D eigenvalue weighted by molar-refractivity contribution is -0.142. The van der Waals surface area contributed by atoms with Crippen molar-refractivity contribution in [2.75, 3.05) is 13.2 Å². The summed E-state index contributed by atoms with van der Waals surface area (Å²) in [6.45, 7) is 8.79. The minimum absolute atomic E-state index is 0.170. The first-order valence-corrected chi connectivity index (χ1v) is 13.2. The predicted molar refractivity (Wildman–Crippen MR) is 148 cm³/mol. The first-order valence-electron chi connectivity index (χ1n) is 12.4. The highest BCUT2D eigenvalue weighted by Gasteiger charge is 2.30. The highest BCUT2D eigenvalue weighted by molar-refractivity contribution is 9.10. The van der Waals surface area contributed by atoms with Crippen LogP contribution in [0.4, 0.5) is 0 Å². The summed E-state index contributed by atoms with van der Waals surface area (Å²) in [5.41, 5.74) is 4.27. The molecule has 0 saturated carbocycles. The molecule has 0 aliphatic carbocycles. The molecule has 3 aromatic rings. The van der Waals surface area contributed by atoms with E-state index < -0.39 is 6.04 Å². The Bertz CT molecular complexity index is 1150. The molecule has 0 saturated heterocycles. The lowest BCUT2D eigenvalue weighted by Gasteiger charge is -2.31. The third-order valence-electron chi connectivity index (χ3n) is 6.07. The molecule has 36 heavy (non-hydrogen) atoms. The van der Waals surface area contributed by atoms with E-state index in [2.05, 4.69) is 35.1 Å². The first-order chi connectivity index (χ1) is 17.3. The zero-order chi connectivity index (χ0) is 26.1. The highest BCUT2D eigenvalue weighted by Crippen LogP contribution is 2.29. The fraction of sp³-hybridized carbons (Fsp3) is 0.333. The van der Waals surface area contributed by atoms with Crippen LogP contribution in [0.3, 0.4) is 0 Å². The summed E-state index contributed by atoms with van der Waals surface area (Å²) in [5.74, 6) is 0.560. The monoisotopic (exact) mass is 550 g/mol. The van der Waals surface area contributed by atoms with Gasteiger partial charge in [-0.05, 0) is 64.5 Å². The number of hydrogen-bond donors (Lipinski definition) is 1. The number of ether oxygens (including phenoxy) is 1. The van der Waals surface area contributed by atoms with E-state index in [0.717, 1.165) is 21.2 Å². The zero-order valence-electron chi connectivity index (χ0n) is 21.5. The molecule has 0 heterocycles. The number of aryl methyl sites for hydroxylation is 1. The van der Waals surface area contributed by atoms with Gasteiger partial charge < -0.3 is 15.0 Å². The van der Waals surface area contributed by atoms with Crippen LogP contribution in [0.2, 0.25) is 0 Å². The highest BCUT2D eigenvalue weighted by atomic mass is 79.9. The van der Waals surface area contributed by atoms with Crippen molar-refractivity contribution in [1.82, 2.24) is 10.2 Å². The normalized spacial score (nSPS) is 11.7. The Kier molecular flexibility index (Phi) is 10.1. The second kappa shape index (κ2) is 13.3. The van der Waals surface area contributed by atoms with Crippen molar-refractivity contribution in [2.24, 2.45) is 0 Å². The molecule has 0 aliphatic rings. The van der Waals surface area contributed by atoms with Crippen molar-refractivity contribution in [1.29, 1.82) is 0 Å². The van der Waals surface area contributed by atoms with Gasteiger partial charge in [0.05, 0.1) is 4.47 Å². The quantitative estimate of drug-likeness (QED) is 0.316. The lowest BCUT2D eigenvalue weighted by Crippen LogP contribution is -2.51. The summed E-state index contributed by atoms with van der Waals surface area (Å²) >= 11 is 3.57. The van der Waals surface area contributed by atoms with Gasteiger partial charge in [-0.3, -0.25) is 9.59 Å². The number of amides is 2. The van der Waals surface area contributed by atoms with E-state index >= 15 is 0 Å². The van der Waals surface area contributed by atoms with E-state index in [1.807, 2.05) is 86.6 Å². The topological polar surface area (TPSA) is 58.6 Å². The lowest BCUT2D eigenvalue weighted by atomic mass is 10.0. The molecule has 0 bridgehead atoms. The molecule has 0 aliphatic heterocycles. The summed E-state index contributed by atoms with van der Waals surface area (Å²) in [6, 6.07) is 23.0. The maximum atomic E-state index is 13.6. The summed E-state index contributed by atoms with van der Waals surface area (Å²) < 4.78 is 6.74. The average Bonchev–Trinajstić information content (AvgIpc) is 2.87. The summed E-state index contributed by atoms with van der Waals surface area (Å²) in [5, 5.41) is 2.91. The van der Waals surface area contributed by atoms with Crippen LogP contribution < -0.4 is 10.1 Å². The van der Waals surface area contributed by atoms with Crippen LogP contribution in [-0.4, -0.2) is 35.9 Å². The minimum atomic E-state index is -0.670. The Balaban J connectivity index is 1.88. The third-order valence-corrected chi connectivity index (χ3v) is 6.69. The van der Waals surface area contributed by atoms with Crippen LogP contribution in [-0.2, 0) is 22.6 Å². The van der Waals surface area contributed by atoms with Gasteiger partial charge in [-0.1, -0.05) is 80.1 Å². The number of halogens is 1. The Morgan fingerprint density at radius 1 is 0.972 bits per heavy atom. The second-order valence-corrected chi connectivity index (χ2v) is 10.1. The first kappa shape index (κ1) is 27.5. The van der Waals surface area contributed by atoms with Crippen LogP contribution >= 0.6 is 15.9 Å². The molecule has 3 rings (SSSR count). The van der Waals surface area contributed by atoms with Crippen LogP contribution in [0.1, 0.15) is 48.9 Å². The number of carbonyl (C=O) groups excluding carboxylic acids is 2. The van der Waals surface area contributed by atoms with Gasteiger partial charge in [0, 0.05) is 19.5 Å². The fourth-order valence-corrected chi connectivity index (χ4v) is 4.46. The maximum absolute atomic E-state index is 13.6. The molecule has 190 valence electrons. The van der Waals surface area contributed by atoms with E-state index in [1.54, 1.807) is 4.90 Å². The molecule has 3 aromatic carbocycles. The minimum Gasteiger partial charge on any atom is -0.483 e. The second-order valence-electron chi connectivity index (χ2n) is 9.24. The van der Waals surface area contributed by atoms with E-state index in [-0.39, 0.29) is 18.4 Å². The average molecular weight is 552 g/mol. The van der Waals surface area contributed by atoms with Crippen LogP contribution in [0.15, 0.2) is 77.3 Å². The molecule has 1 unspecified atom stereocenters. The summed E-state index contributed by atoms with van der Waals surface area (Å²) in [6.07, 6.45) is 0.414. The third kappa shape index (κ3) is 7.69. The number of rotatable bonds is 11. The van der Waals surface area contributed by atoms with Gasteiger partial charge >= 0.3 is 0 Å². The molecule has 0 spiro atoms. The summed E-state index contributed by atoms with van der Waals surface area (Å²) in [7, 11) is 0. The molecule has 1 N–H and O–H groups in total. The van der Waals surface area contributed by atoms with Crippen LogP contribution in [0.5, 0.6) is 5.75 Å².